The van der Waals surface area contributed by atoms with E-state index in [1.165, 1.54) is 12.1 Å². The molecule has 2 aromatic carbocycles. The molecule has 5 rings (SSSR count). The van der Waals surface area contributed by atoms with Gasteiger partial charge in [-0.3, -0.25) is 10.2 Å². The average molecular weight is 453 g/mol. The lowest BCUT2D eigenvalue weighted by atomic mass is 10.2. The fourth-order valence-electron chi connectivity index (χ4n) is 3.27. The Morgan fingerprint density at radius 3 is 2.52 bits per heavy atom. The van der Waals surface area contributed by atoms with Crippen molar-refractivity contribution in [3.63, 3.8) is 0 Å². The summed E-state index contributed by atoms with van der Waals surface area (Å²) in [7, 11) is 0. The van der Waals surface area contributed by atoms with Crippen LogP contribution in [-0.2, 0) is 4.74 Å². The average Bonchev–Trinajstić information content (AvgIpc) is 3.27. The van der Waals surface area contributed by atoms with Gasteiger partial charge < -0.3 is 24.4 Å². The van der Waals surface area contributed by atoms with Crippen LogP contribution in [0.1, 0.15) is 10.4 Å². The number of rotatable bonds is 7. The third-order valence-electron chi connectivity index (χ3n) is 4.89. The number of halogens is 1. The molecule has 3 aromatic rings. The predicted molar refractivity (Wildman–Crippen MR) is 116 cm³/mol. The zero-order valence-corrected chi connectivity index (χ0v) is 17.3. The molecule has 1 saturated heterocycles. The van der Waals surface area contributed by atoms with Gasteiger partial charge in [0.2, 0.25) is 17.8 Å². The minimum atomic E-state index is -0.862. The quantitative estimate of drug-likeness (QED) is 0.360. The Hall–Kier alpha value is -4.03. The molecule has 0 spiro atoms. The number of fused-ring (bicyclic) bond motifs is 1. The maximum atomic E-state index is 13.2. The van der Waals surface area contributed by atoms with E-state index in [1.54, 1.807) is 30.3 Å². The normalized spacial score (nSPS) is 17.0. The Morgan fingerprint density at radius 1 is 0.970 bits per heavy atom. The van der Waals surface area contributed by atoms with Crippen LogP contribution in [0.3, 0.4) is 0 Å². The van der Waals surface area contributed by atoms with Crippen LogP contribution in [0.5, 0.6) is 11.5 Å². The second-order valence-corrected chi connectivity index (χ2v) is 7.17. The topological polar surface area (TPSA) is 123 Å². The van der Waals surface area contributed by atoms with Crippen molar-refractivity contribution in [1.29, 1.82) is 0 Å². The Morgan fingerprint density at radius 2 is 1.73 bits per heavy atom. The number of ether oxygens (including phenoxy) is 3. The van der Waals surface area contributed by atoms with E-state index < -0.39 is 6.41 Å². The van der Waals surface area contributed by atoms with E-state index in [-0.39, 0.29) is 17.7 Å². The highest BCUT2D eigenvalue weighted by atomic mass is 19.1. The molecule has 3 heterocycles. The number of carbonyl (C=O) groups is 1. The van der Waals surface area contributed by atoms with Crippen LogP contribution in [0.15, 0.2) is 42.5 Å². The second kappa shape index (κ2) is 9.22. The number of hydrazine groups is 1. The van der Waals surface area contributed by atoms with Crippen LogP contribution in [-0.4, -0.2) is 54.0 Å². The number of nitrogens with one attached hydrogen (secondary N) is 3. The maximum absolute atomic E-state index is 13.2. The van der Waals surface area contributed by atoms with Crippen LogP contribution in [0, 0.1) is 5.82 Å². The van der Waals surface area contributed by atoms with Gasteiger partial charge in [-0.15, -0.1) is 0 Å². The van der Waals surface area contributed by atoms with Crippen molar-refractivity contribution in [2.75, 3.05) is 41.9 Å². The zero-order chi connectivity index (χ0) is 22.6. The molecule has 33 heavy (non-hydrogen) atoms. The SMILES string of the molecule is O=Cc1ccc2c(c1)OC(NNc1nc(Nc3ccc(F)cc3)nc(N3CCOCC3)n1)O2. The summed E-state index contributed by atoms with van der Waals surface area (Å²) in [5.74, 6) is 1.55. The molecule has 170 valence electrons. The molecule has 2 aliphatic rings. The van der Waals surface area contributed by atoms with Crippen molar-refractivity contribution >= 4 is 29.8 Å². The zero-order valence-electron chi connectivity index (χ0n) is 17.3. The molecule has 0 aliphatic carbocycles. The third kappa shape index (κ3) is 4.91. The second-order valence-electron chi connectivity index (χ2n) is 7.17. The fraction of sp³-hybridized carbons (Fsp3) is 0.238. The predicted octanol–water partition coefficient (Wildman–Crippen LogP) is 2.07. The van der Waals surface area contributed by atoms with Crippen LogP contribution < -0.4 is 30.5 Å². The first-order chi connectivity index (χ1) is 16.2. The molecule has 2 aliphatic heterocycles. The lowest BCUT2D eigenvalue weighted by molar-refractivity contribution is 0.0248. The summed E-state index contributed by atoms with van der Waals surface area (Å²) in [6.07, 6.45) is -0.130. The summed E-state index contributed by atoms with van der Waals surface area (Å²) in [6.45, 7) is 2.41. The van der Waals surface area contributed by atoms with Gasteiger partial charge in [-0.1, -0.05) is 0 Å². The maximum Gasteiger partial charge on any atom is 0.319 e. The van der Waals surface area contributed by atoms with E-state index in [0.29, 0.717) is 55.0 Å². The van der Waals surface area contributed by atoms with E-state index in [9.17, 15) is 9.18 Å². The molecule has 1 unspecified atom stereocenters. The van der Waals surface area contributed by atoms with Crippen LogP contribution in [0.4, 0.5) is 27.9 Å². The fourth-order valence-corrected chi connectivity index (χ4v) is 3.27. The van der Waals surface area contributed by atoms with Gasteiger partial charge in [-0.2, -0.15) is 20.4 Å². The van der Waals surface area contributed by atoms with E-state index in [4.69, 9.17) is 14.2 Å². The van der Waals surface area contributed by atoms with E-state index in [0.717, 1.165) is 6.29 Å². The summed E-state index contributed by atoms with van der Waals surface area (Å²) >= 11 is 0. The molecule has 0 amide bonds. The Bertz CT molecular complexity index is 1140. The van der Waals surface area contributed by atoms with Crippen LogP contribution in [0.2, 0.25) is 0 Å². The van der Waals surface area contributed by atoms with Crippen molar-refractivity contribution in [2.24, 2.45) is 0 Å². The standard InChI is InChI=1S/C21H20FN7O4/c22-14-2-4-15(5-3-14)23-18-24-19(26-20(25-18)29-7-9-31-10-8-29)27-28-21-32-16-6-1-13(12-30)11-17(16)33-21/h1-6,11-12,21,28H,7-10H2,(H2,23,24,25,26,27). The summed E-state index contributed by atoms with van der Waals surface area (Å²) in [4.78, 5) is 26.3. The highest BCUT2D eigenvalue weighted by Crippen LogP contribution is 2.34. The van der Waals surface area contributed by atoms with Crippen molar-refractivity contribution < 1.29 is 23.4 Å². The number of aldehydes is 1. The lowest BCUT2D eigenvalue weighted by Crippen LogP contribution is -2.41. The molecule has 3 N–H and O–H groups in total. The molecule has 0 bridgehead atoms. The molecule has 1 aromatic heterocycles. The number of nitrogens with zero attached hydrogens (tertiary/aromatic N) is 4. The minimum Gasteiger partial charge on any atom is -0.437 e. The van der Waals surface area contributed by atoms with Gasteiger partial charge in [0, 0.05) is 24.3 Å². The summed E-state index contributed by atoms with van der Waals surface area (Å²) in [5, 5.41) is 3.06. The van der Waals surface area contributed by atoms with Crippen molar-refractivity contribution in [2.45, 2.75) is 6.41 Å². The number of hydrogen-bond donors (Lipinski definition) is 3. The molecular formula is C21H20FN7O4. The molecule has 1 fully saturated rings. The highest BCUT2D eigenvalue weighted by Gasteiger charge is 2.25. The van der Waals surface area contributed by atoms with Crippen LogP contribution >= 0.6 is 0 Å². The summed E-state index contributed by atoms with van der Waals surface area (Å²) in [6, 6.07) is 10.7. The third-order valence-corrected chi connectivity index (χ3v) is 4.89. The van der Waals surface area contributed by atoms with Crippen molar-refractivity contribution in [3.8, 4) is 11.5 Å². The highest BCUT2D eigenvalue weighted by molar-refractivity contribution is 5.76. The lowest BCUT2D eigenvalue weighted by Gasteiger charge is -2.27. The minimum absolute atomic E-state index is 0.216. The van der Waals surface area contributed by atoms with Gasteiger partial charge in [0.25, 0.3) is 0 Å². The molecule has 1 atom stereocenters. The number of anilines is 4. The molecule has 12 heteroatoms. The Balaban J connectivity index is 1.32. The monoisotopic (exact) mass is 453 g/mol. The molecule has 0 saturated carbocycles. The van der Waals surface area contributed by atoms with Gasteiger partial charge >= 0.3 is 6.41 Å². The van der Waals surface area contributed by atoms with Gasteiger partial charge in [0.05, 0.1) is 13.2 Å². The van der Waals surface area contributed by atoms with Crippen LogP contribution in [0.25, 0.3) is 0 Å². The van der Waals surface area contributed by atoms with Gasteiger partial charge in [-0.05, 0) is 42.5 Å². The summed E-state index contributed by atoms with van der Waals surface area (Å²) in [5.41, 5.74) is 6.84. The Kier molecular flexibility index (Phi) is 5.83. The molecule has 0 radical (unpaired) electrons. The first-order valence-corrected chi connectivity index (χ1v) is 10.2. The number of hydrogen-bond acceptors (Lipinski definition) is 11. The smallest absolute Gasteiger partial charge is 0.319 e. The first kappa shape index (κ1) is 20.8. The van der Waals surface area contributed by atoms with E-state index in [2.05, 4.69) is 31.1 Å². The van der Waals surface area contributed by atoms with Gasteiger partial charge in [0.15, 0.2) is 11.5 Å². The first-order valence-electron chi connectivity index (χ1n) is 10.2. The van der Waals surface area contributed by atoms with E-state index in [1.807, 2.05) is 4.90 Å². The van der Waals surface area contributed by atoms with Crippen molar-refractivity contribution in [1.82, 2.24) is 20.4 Å². The van der Waals surface area contributed by atoms with Crippen molar-refractivity contribution in [3.05, 3.63) is 53.8 Å². The van der Waals surface area contributed by atoms with Gasteiger partial charge in [-0.25, -0.2) is 4.39 Å². The van der Waals surface area contributed by atoms with E-state index >= 15 is 0 Å². The van der Waals surface area contributed by atoms with Gasteiger partial charge in [0.1, 0.15) is 12.1 Å². The largest absolute Gasteiger partial charge is 0.437 e. The number of benzene rings is 2. The summed E-state index contributed by atoms with van der Waals surface area (Å²) < 4.78 is 29.9. The Labute approximate surface area is 187 Å². The molecule has 11 nitrogen and oxygen atoms in total. The molecular weight excluding hydrogens is 433 g/mol. The number of aromatic nitrogens is 3. The number of carbonyl (C=O) groups excluding carboxylic acids is 1. The number of morpholine rings is 1.